The minimum absolute atomic E-state index is 0.674. The molecule has 0 spiro atoms. The van der Waals surface area contributed by atoms with Crippen molar-refractivity contribution >= 4 is 70.7 Å². The first-order valence-corrected chi connectivity index (χ1v) is 21.3. The highest BCUT2D eigenvalue weighted by Crippen LogP contribution is 2.40. The van der Waals surface area contributed by atoms with E-state index in [4.69, 9.17) is 19.9 Å². The molecule has 4 heterocycles. The van der Waals surface area contributed by atoms with E-state index in [0.717, 1.165) is 88.8 Å². The third-order valence-electron chi connectivity index (χ3n) is 12.6. The number of hydrogen-bond acceptors (Lipinski definition) is 4. The Morgan fingerprint density at radius 1 is 0.317 bits per heavy atom. The summed E-state index contributed by atoms with van der Waals surface area (Å²) in [4.78, 5) is 21.1. The predicted molar refractivity (Wildman–Crippen MR) is 261 cm³/mol. The van der Waals surface area contributed by atoms with Crippen molar-refractivity contribution in [3.05, 3.63) is 212 Å². The largest absolute Gasteiger partial charge is 0.284 e. The average molecular weight is 802 g/mol. The van der Waals surface area contributed by atoms with E-state index in [-0.39, 0.29) is 0 Å². The smallest absolute Gasteiger partial charge is 0.165 e. The summed E-state index contributed by atoms with van der Waals surface area (Å²) in [7, 11) is 0. The molecule has 0 aliphatic rings. The molecule has 4 aromatic heterocycles. The van der Waals surface area contributed by atoms with E-state index in [1.54, 1.807) is 0 Å². The first-order chi connectivity index (χ1) is 31.2. The van der Waals surface area contributed by atoms with Crippen LogP contribution in [0.1, 0.15) is 0 Å². The summed E-state index contributed by atoms with van der Waals surface area (Å²) < 4.78 is 2.07. The number of nitrogens with zero attached hydrogens (tertiary/aromatic N) is 5. The molecule has 13 rings (SSSR count). The van der Waals surface area contributed by atoms with Gasteiger partial charge in [-0.05, 0) is 90.6 Å². The van der Waals surface area contributed by atoms with Crippen LogP contribution in [0, 0.1) is 0 Å². The van der Waals surface area contributed by atoms with Gasteiger partial charge in [0.05, 0.1) is 17.1 Å². The molecule has 0 atom stereocenters. The molecular formula is C58H35N5. The van der Waals surface area contributed by atoms with Crippen molar-refractivity contribution < 1.29 is 0 Å². The lowest BCUT2D eigenvalue weighted by Gasteiger charge is -2.15. The average Bonchev–Trinajstić information content (AvgIpc) is 3.74. The van der Waals surface area contributed by atoms with E-state index in [1.165, 1.54) is 32.3 Å². The molecule has 5 heteroatoms. The molecule has 9 aromatic carbocycles. The standard InChI is InChI=1S/C58H35N5/c1-3-18-42-39(14-1)33-50(46-22-7-5-20-44(42)46)52-35-53(51-34-40-15-2-4-19-43(40)45-21-6-8-23-47(45)51)60-57(59-52)41-17-13-16-38(32-41)36-27-29-37(30-28-36)55-48-24-9-10-25-49(48)56-58(62-55)63-31-12-11-26-54(63)61-56/h1-35H. The zero-order chi connectivity index (χ0) is 41.4. The number of hydrogen-bond donors (Lipinski definition) is 0. The Balaban J connectivity index is 0.973. The fourth-order valence-electron chi connectivity index (χ4n) is 9.60. The van der Waals surface area contributed by atoms with Crippen molar-refractivity contribution in [1.82, 2.24) is 24.3 Å². The van der Waals surface area contributed by atoms with E-state index in [0.29, 0.717) is 5.82 Å². The number of aromatic nitrogens is 5. The monoisotopic (exact) mass is 801 g/mol. The normalized spacial score (nSPS) is 11.8. The van der Waals surface area contributed by atoms with Crippen LogP contribution < -0.4 is 0 Å². The van der Waals surface area contributed by atoms with Gasteiger partial charge in [-0.1, -0.05) is 170 Å². The van der Waals surface area contributed by atoms with Crippen LogP contribution in [0.4, 0.5) is 0 Å². The van der Waals surface area contributed by atoms with Gasteiger partial charge >= 0.3 is 0 Å². The van der Waals surface area contributed by atoms with Crippen molar-refractivity contribution in [2.45, 2.75) is 0 Å². The third-order valence-corrected chi connectivity index (χ3v) is 12.6. The van der Waals surface area contributed by atoms with Gasteiger partial charge in [0, 0.05) is 39.2 Å². The van der Waals surface area contributed by atoms with Crippen molar-refractivity contribution in [3.8, 4) is 56.3 Å². The summed E-state index contributed by atoms with van der Waals surface area (Å²) in [6, 6.07) is 73.1. The fourth-order valence-corrected chi connectivity index (χ4v) is 9.60. The van der Waals surface area contributed by atoms with Gasteiger partial charge < -0.3 is 0 Å². The minimum Gasteiger partial charge on any atom is -0.284 e. The van der Waals surface area contributed by atoms with Crippen molar-refractivity contribution in [3.63, 3.8) is 0 Å². The van der Waals surface area contributed by atoms with Crippen LogP contribution in [0.5, 0.6) is 0 Å². The second-order valence-electron chi connectivity index (χ2n) is 16.2. The predicted octanol–water partition coefficient (Wildman–Crippen LogP) is 14.8. The first kappa shape index (κ1) is 35.2. The molecule has 0 aliphatic carbocycles. The lowest BCUT2D eigenvalue weighted by Crippen LogP contribution is -1.98. The van der Waals surface area contributed by atoms with Crippen LogP contribution >= 0.6 is 0 Å². The van der Waals surface area contributed by atoms with Crippen molar-refractivity contribution in [2.24, 2.45) is 0 Å². The Labute approximate surface area is 362 Å². The molecule has 0 fully saturated rings. The summed E-state index contributed by atoms with van der Waals surface area (Å²) in [5.74, 6) is 0.674. The minimum atomic E-state index is 0.674. The van der Waals surface area contributed by atoms with Crippen LogP contribution in [-0.2, 0) is 0 Å². The maximum absolute atomic E-state index is 5.43. The van der Waals surface area contributed by atoms with Gasteiger partial charge in [-0.25, -0.2) is 19.9 Å². The second-order valence-corrected chi connectivity index (χ2v) is 16.2. The van der Waals surface area contributed by atoms with Crippen molar-refractivity contribution in [2.75, 3.05) is 0 Å². The van der Waals surface area contributed by atoms with Gasteiger partial charge in [0.25, 0.3) is 0 Å². The lowest BCUT2D eigenvalue weighted by molar-refractivity contribution is 1.19. The SMILES string of the molecule is c1cc(-c2ccc(-c3nc4c(nc5ccccn54)c4ccccc34)cc2)cc(-c2nc(-c3cc4ccccc4c4ccccc34)cc(-c3cc4ccccc4c4ccccc34)n2)c1. The molecule has 13 aromatic rings. The van der Waals surface area contributed by atoms with E-state index < -0.39 is 0 Å². The molecule has 292 valence electrons. The van der Waals surface area contributed by atoms with Gasteiger partial charge in [0.15, 0.2) is 11.5 Å². The number of pyridine rings is 2. The third kappa shape index (κ3) is 5.71. The molecular weight excluding hydrogens is 767 g/mol. The van der Waals surface area contributed by atoms with Gasteiger partial charge in [0.2, 0.25) is 0 Å². The fraction of sp³-hybridized carbons (Fsp3) is 0. The molecule has 0 saturated carbocycles. The quantitative estimate of drug-likeness (QED) is 0.163. The van der Waals surface area contributed by atoms with Gasteiger partial charge in [0.1, 0.15) is 11.2 Å². The van der Waals surface area contributed by atoms with Crippen molar-refractivity contribution in [1.29, 1.82) is 0 Å². The Bertz CT molecular complexity index is 3840. The lowest BCUT2D eigenvalue weighted by atomic mass is 9.93. The van der Waals surface area contributed by atoms with Gasteiger partial charge in [-0.2, -0.15) is 0 Å². The highest BCUT2D eigenvalue weighted by molar-refractivity contribution is 6.15. The summed E-state index contributed by atoms with van der Waals surface area (Å²) in [6.45, 7) is 0. The molecule has 0 N–H and O–H groups in total. The highest BCUT2D eigenvalue weighted by Gasteiger charge is 2.19. The number of imidazole rings is 1. The molecule has 0 aliphatic heterocycles. The first-order valence-electron chi connectivity index (χ1n) is 21.3. The molecule has 63 heavy (non-hydrogen) atoms. The number of rotatable bonds is 5. The van der Waals surface area contributed by atoms with Gasteiger partial charge in [-0.3, -0.25) is 4.40 Å². The number of fused-ring (bicyclic) bond motifs is 11. The highest BCUT2D eigenvalue weighted by atomic mass is 15.1. The summed E-state index contributed by atoms with van der Waals surface area (Å²) in [5, 5.41) is 11.7. The molecule has 0 bridgehead atoms. The molecule has 0 amide bonds. The molecule has 0 saturated heterocycles. The zero-order valence-corrected chi connectivity index (χ0v) is 33.9. The maximum Gasteiger partial charge on any atom is 0.165 e. The Morgan fingerprint density at radius 3 is 1.49 bits per heavy atom. The van der Waals surface area contributed by atoms with Crippen LogP contribution in [-0.4, -0.2) is 24.3 Å². The Hall–Kier alpha value is -8.54. The zero-order valence-electron chi connectivity index (χ0n) is 33.9. The second kappa shape index (κ2) is 14.0. The van der Waals surface area contributed by atoms with E-state index in [1.807, 2.05) is 24.4 Å². The maximum atomic E-state index is 5.43. The van der Waals surface area contributed by atoms with E-state index >= 15 is 0 Å². The molecule has 5 nitrogen and oxygen atoms in total. The number of benzene rings is 9. The Kier molecular flexibility index (Phi) is 7.84. The summed E-state index contributed by atoms with van der Waals surface area (Å²) in [5.41, 5.74) is 11.7. The molecule has 0 unspecified atom stereocenters. The van der Waals surface area contributed by atoms with Gasteiger partial charge in [-0.15, -0.1) is 0 Å². The van der Waals surface area contributed by atoms with Crippen LogP contribution in [0.3, 0.4) is 0 Å². The van der Waals surface area contributed by atoms with E-state index in [2.05, 4.69) is 192 Å². The topological polar surface area (TPSA) is 56.0 Å². The summed E-state index contributed by atoms with van der Waals surface area (Å²) in [6.07, 6.45) is 2.03. The summed E-state index contributed by atoms with van der Waals surface area (Å²) >= 11 is 0. The molecule has 0 radical (unpaired) electrons. The van der Waals surface area contributed by atoms with Crippen LogP contribution in [0.25, 0.3) is 127 Å². The van der Waals surface area contributed by atoms with E-state index in [9.17, 15) is 0 Å². The Morgan fingerprint density at radius 2 is 0.841 bits per heavy atom. The van der Waals surface area contributed by atoms with Crippen LogP contribution in [0.15, 0.2) is 212 Å². The van der Waals surface area contributed by atoms with Crippen LogP contribution in [0.2, 0.25) is 0 Å².